The Morgan fingerprint density at radius 3 is 2.50 bits per heavy atom. The number of benzene rings is 1. The van der Waals surface area contributed by atoms with E-state index in [9.17, 15) is 17.6 Å². The van der Waals surface area contributed by atoms with Crippen LogP contribution in [0.1, 0.15) is 12.5 Å². The lowest BCUT2D eigenvalue weighted by Crippen LogP contribution is -2.32. The standard InChI is InChI=1S/C12H16F4N2/c1-3-17-7-9-10(13)5-4-6-11(9)18(2)8-12(14,15)16/h4-6,17H,3,7-8H2,1-2H3. The van der Waals surface area contributed by atoms with E-state index < -0.39 is 18.5 Å². The first-order chi connectivity index (χ1) is 8.35. The molecule has 0 fully saturated rings. The highest BCUT2D eigenvalue weighted by Crippen LogP contribution is 2.25. The van der Waals surface area contributed by atoms with E-state index >= 15 is 0 Å². The monoisotopic (exact) mass is 264 g/mol. The Morgan fingerprint density at radius 1 is 1.28 bits per heavy atom. The summed E-state index contributed by atoms with van der Waals surface area (Å²) in [6.45, 7) is 1.58. The Morgan fingerprint density at radius 2 is 1.94 bits per heavy atom. The van der Waals surface area contributed by atoms with E-state index in [4.69, 9.17) is 0 Å². The molecular formula is C12H16F4N2. The maximum Gasteiger partial charge on any atom is 0.405 e. The van der Waals surface area contributed by atoms with Crippen LogP contribution in [-0.2, 0) is 6.54 Å². The molecule has 0 aliphatic heterocycles. The zero-order valence-electron chi connectivity index (χ0n) is 10.3. The van der Waals surface area contributed by atoms with Crippen LogP contribution in [0, 0.1) is 5.82 Å². The normalized spacial score (nSPS) is 11.7. The molecule has 0 atom stereocenters. The molecule has 0 spiro atoms. The van der Waals surface area contributed by atoms with Crippen LogP contribution >= 0.6 is 0 Å². The van der Waals surface area contributed by atoms with Gasteiger partial charge in [-0.25, -0.2) is 4.39 Å². The van der Waals surface area contributed by atoms with Crippen LogP contribution < -0.4 is 10.2 Å². The zero-order valence-corrected chi connectivity index (χ0v) is 10.3. The van der Waals surface area contributed by atoms with Crippen molar-refractivity contribution in [2.24, 2.45) is 0 Å². The van der Waals surface area contributed by atoms with Gasteiger partial charge in [0, 0.05) is 24.8 Å². The Bertz CT molecular complexity index is 390. The maximum atomic E-state index is 13.6. The number of alkyl halides is 3. The lowest BCUT2D eigenvalue weighted by molar-refractivity contribution is -0.119. The molecule has 1 N–H and O–H groups in total. The molecule has 1 aromatic carbocycles. The predicted octanol–water partition coefficient (Wildman–Crippen LogP) is 2.93. The molecular weight excluding hydrogens is 248 g/mol. The van der Waals surface area contributed by atoms with Gasteiger partial charge in [0.05, 0.1) is 0 Å². The summed E-state index contributed by atoms with van der Waals surface area (Å²) < 4.78 is 50.6. The van der Waals surface area contributed by atoms with E-state index in [1.54, 1.807) is 0 Å². The molecule has 102 valence electrons. The van der Waals surface area contributed by atoms with E-state index in [0.29, 0.717) is 6.54 Å². The molecule has 0 radical (unpaired) electrons. The average molecular weight is 264 g/mol. The Kier molecular flexibility index (Phi) is 4.95. The van der Waals surface area contributed by atoms with Crippen molar-refractivity contribution in [3.8, 4) is 0 Å². The smallest absolute Gasteiger partial charge is 0.365 e. The zero-order chi connectivity index (χ0) is 13.8. The summed E-state index contributed by atoms with van der Waals surface area (Å²) in [6, 6.07) is 4.14. The number of nitrogens with zero attached hydrogens (tertiary/aromatic N) is 1. The Balaban J connectivity index is 2.96. The lowest BCUT2D eigenvalue weighted by Gasteiger charge is -2.24. The molecule has 0 unspecified atom stereocenters. The Hall–Kier alpha value is -1.30. The molecule has 1 rings (SSSR count). The minimum Gasteiger partial charge on any atom is -0.365 e. The number of hydrogen-bond acceptors (Lipinski definition) is 2. The van der Waals surface area contributed by atoms with Crippen LogP contribution in [0.25, 0.3) is 0 Å². The SMILES string of the molecule is CCNCc1c(F)cccc1N(C)CC(F)(F)F. The minimum absolute atomic E-state index is 0.209. The third-order valence-electron chi connectivity index (χ3n) is 2.47. The summed E-state index contributed by atoms with van der Waals surface area (Å²) in [6.07, 6.45) is -4.31. The van der Waals surface area contributed by atoms with E-state index in [1.807, 2.05) is 6.92 Å². The molecule has 1 aromatic rings. The molecule has 0 aliphatic carbocycles. The highest BCUT2D eigenvalue weighted by Gasteiger charge is 2.30. The van der Waals surface area contributed by atoms with Crippen LogP contribution in [0.2, 0.25) is 0 Å². The predicted molar refractivity (Wildman–Crippen MR) is 63.1 cm³/mol. The quantitative estimate of drug-likeness (QED) is 0.823. The van der Waals surface area contributed by atoms with Gasteiger partial charge in [-0.05, 0) is 18.7 Å². The summed E-state index contributed by atoms with van der Waals surface area (Å²) in [4.78, 5) is 1.01. The molecule has 18 heavy (non-hydrogen) atoms. The van der Waals surface area contributed by atoms with Gasteiger partial charge < -0.3 is 10.2 Å². The van der Waals surface area contributed by atoms with Crippen LogP contribution in [0.15, 0.2) is 18.2 Å². The number of rotatable bonds is 5. The fourth-order valence-electron chi connectivity index (χ4n) is 1.68. The van der Waals surface area contributed by atoms with Gasteiger partial charge in [0.15, 0.2) is 0 Å². The molecule has 2 nitrogen and oxygen atoms in total. The van der Waals surface area contributed by atoms with Crippen LogP contribution in [0.4, 0.5) is 23.2 Å². The molecule has 0 bridgehead atoms. The van der Waals surface area contributed by atoms with Gasteiger partial charge in [-0.2, -0.15) is 13.2 Å². The topological polar surface area (TPSA) is 15.3 Å². The van der Waals surface area contributed by atoms with E-state index in [1.165, 1.54) is 25.2 Å². The van der Waals surface area contributed by atoms with Crippen molar-refractivity contribution in [3.05, 3.63) is 29.6 Å². The van der Waals surface area contributed by atoms with Crippen LogP contribution in [0.3, 0.4) is 0 Å². The lowest BCUT2D eigenvalue weighted by atomic mass is 10.1. The van der Waals surface area contributed by atoms with Crippen molar-refractivity contribution in [1.82, 2.24) is 5.32 Å². The van der Waals surface area contributed by atoms with Crippen molar-refractivity contribution in [1.29, 1.82) is 0 Å². The van der Waals surface area contributed by atoms with E-state index in [0.717, 1.165) is 4.90 Å². The van der Waals surface area contributed by atoms with Crippen molar-refractivity contribution in [3.63, 3.8) is 0 Å². The number of nitrogens with one attached hydrogen (secondary N) is 1. The molecule has 0 heterocycles. The van der Waals surface area contributed by atoms with Crippen molar-refractivity contribution >= 4 is 5.69 Å². The highest BCUT2D eigenvalue weighted by molar-refractivity contribution is 5.53. The minimum atomic E-state index is -4.31. The second kappa shape index (κ2) is 6.04. The van der Waals surface area contributed by atoms with E-state index in [2.05, 4.69) is 5.32 Å². The highest BCUT2D eigenvalue weighted by atomic mass is 19.4. The first-order valence-electron chi connectivity index (χ1n) is 5.61. The van der Waals surface area contributed by atoms with Crippen molar-refractivity contribution in [2.45, 2.75) is 19.6 Å². The van der Waals surface area contributed by atoms with Crippen molar-refractivity contribution in [2.75, 3.05) is 25.0 Å². The molecule has 0 saturated heterocycles. The fourth-order valence-corrected chi connectivity index (χ4v) is 1.68. The van der Waals surface area contributed by atoms with Crippen LogP contribution in [0.5, 0.6) is 0 Å². The summed E-state index contributed by atoms with van der Waals surface area (Å²) in [5.74, 6) is -0.498. The first-order valence-corrected chi connectivity index (χ1v) is 5.61. The number of halogens is 4. The second-order valence-corrected chi connectivity index (χ2v) is 3.99. The maximum absolute atomic E-state index is 13.6. The molecule has 0 saturated carbocycles. The molecule has 0 aliphatic rings. The number of anilines is 1. The average Bonchev–Trinajstić information content (AvgIpc) is 2.24. The van der Waals surface area contributed by atoms with Gasteiger partial charge in [-0.1, -0.05) is 13.0 Å². The van der Waals surface area contributed by atoms with Gasteiger partial charge in [0.2, 0.25) is 0 Å². The summed E-state index contributed by atoms with van der Waals surface area (Å²) in [7, 11) is 1.30. The second-order valence-electron chi connectivity index (χ2n) is 3.99. The summed E-state index contributed by atoms with van der Waals surface area (Å²) >= 11 is 0. The van der Waals surface area contributed by atoms with Gasteiger partial charge in [-0.3, -0.25) is 0 Å². The molecule has 0 amide bonds. The Labute approximate surface area is 104 Å². The van der Waals surface area contributed by atoms with Gasteiger partial charge in [-0.15, -0.1) is 0 Å². The van der Waals surface area contributed by atoms with Crippen LogP contribution in [-0.4, -0.2) is 26.3 Å². The largest absolute Gasteiger partial charge is 0.405 e. The van der Waals surface area contributed by atoms with E-state index in [-0.39, 0.29) is 17.8 Å². The summed E-state index contributed by atoms with van der Waals surface area (Å²) in [5.41, 5.74) is 0.513. The van der Waals surface area contributed by atoms with Gasteiger partial charge >= 0.3 is 6.18 Å². The van der Waals surface area contributed by atoms with Gasteiger partial charge in [0.1, 0.15) is 12.4 Å². The first kappa shape index (κ1) is 14.8. The molecule has 0 aromatic heterocycles. The fraction of sp³-hybridized carbons (Fsp3) is 0.500. The van der Waals surface area contributed by atoms with Crippen molar-refractivity contribution < 1.29 is 17.6 Å². The third-order valence-corrected chi connectivity index (χ3v) is 2.47. The number of hydrogen-bond donors (Lipinski definition) is 1. The third kappa shape index (κ3) is 4.18. The van der Waals surface area contributed by atoms with Gasteiger partial charge in [0.25, 0.3) is 0 Å². The summed E-state index contributed by atoms with van der Waals surface area (Å²) in [5, 5.41) is 2.92. The molecule has 6 heteroatoms.